The highest BCUT2D eigenvalue weighted by Gasteiger charge is 2.29. The first-order chi connectivity index (χ1) is 13.4. The Labute approximate surface area is 176 Å². The maximum Gasteiger partial charge on any atom is 0.320 e. The van der Waals surface area contributed by atoms with Crippen LogP contribution in [0.5, 0.6) is 0 Å². The number of hydrogen-bond donors (Lipinski definition) is 7. The number of hydrogen-bond acceptors (Lipinski definition) is 7. The van der Waals surface area contributed by atoms with E-state index >= 15 is 0 Å². The van der Waals surface area contributed by atoms with Crippen LogP contribution < -0.4 is 22.9 Å². The first-order valence-corrected chi connectivity index (χ1v) is 9.12. The van der Waals surface area contributed by atoms with Gasteiger partial charge in [0.05, 0.1) is 10.8 Å². The van der Waals surface area contributed by atoms with Crippen molar-refractivity contribution in [2.45, 2.75) is 65.8 Å². The number of carbonyl (C=O) groups excluding carboxylic acids is 2. The normalized spacial score (nSPS) is 11.7. The molecule has 0 aromatic rings. The van der Waals surface area contributed by atoms with Crippen molar-refractivity contribution in [1.82, 2.24) is 0 Å². The van der Waals surface area contributed by atoms with Crippen molar-refractivity contribution in [3.05, 3.63) is 0 Å². The van der Waals surface area contributed by atoms with E-state index in [-0.39, 0.29) is 12.8 Å². The lowest BCUT2D eigenvalue weighted by atomic mass is 9.89. The molecule has 0 bridgehead atoms. The van der Waals surface area contributed by atoms with Gasteiger partial charge in [-0.3, -0.25) is 24.0 Å². The predicted molar refractivity (Wildman–Crippen MR) is 109 cm³/mol. The van der Waals surface area contributed by atoms with Gasteiger partial charge in [0.1, 0.15) is 6.04 Å². The van der Waals surface area contributed by atoms with Gasteiger partial charge < -0.3 is 38.3 Å². The highest BCUT2D eigenvalue weighted by Crippen LogP contribution is 2.19. The third-order valence-electron chi connectivity index (χ3n) is 3.68. The van der Waals surface area contributed by atoms with E-state index < -0.39 is 46.6 Å². The van der Waals surface area contributed by atoms with Crippen molar-refractivity contribution >= 4 is 29.7 Å². The summed E-state index contributed by atoms with van der Waals surface area (Å²) in [4.78, 5) is 51.4. The van der Waals surface area contributed by atoms with Crippen molar-refractivity contribution in [2.24, 2.45) is 33.8 Å². The third-order valence-corrected chi connectivity index (χ3v) is 3.68. The van der Waals surface area contributed by atoms with Crippen molar-refractivity contribution in [3.8, 4) is 0 Å². The molecule has 0 saturated heterocycles. The van der Waals surface area contributed by atoms with Gasteiger partial charge in [0.2, 0.25) is 11.8 Å². The summed E-state index contributed by atoms with van der Waals surface area (Å²) >= 11 is 0. The number of rotatable bonds is 11. The number of unbranched alkanes of at least 4 members (excludes halogenated alkanes) is 1. The Kier molecular flexibility index (Phi) is 16.1. The van der Waals surface area contributed by atoms with Crippen molar-refractivity contribution in [2.75, 3.05) is 6.54 Å². The largest absolute Gasteiger partial charge is 0.481 e. The van der Waals surface area contributed by atoms with Crippen molar-refractivity contribution in [3.63, 3.8) is 0 Å². The van der Waals surface area contributed by atoms with E-state index in [9.17, 15) is 24.0 Å². The van der Waals surface area contributed by atoms with Gasteiger partial charge in [0.15, 0.2) is 0 Å². The Hall–Kier alpha value is -2.73. The van der Waals surface area contributed by atoms with E-state index in [1.54, 1.807) is 0 Å². The van der Waals surface area contributed by atoms with Crippen LogP contribution in [0.3, 0.4) is 0 Å². The maximum absolute atomic E-state index is 10.3. The van der Waals surface area contributed by atoms with Gasteiger partial charge >= 0.3 is 17.9 Å². The lowest BCUT2D eigenvalue weighted by Crippen LogP contribution is -2.29. The molecule has 30 heavy (non-hydrogen) atoms. The van der Waals surface area contributed by atoms with Crippen molar-refractivity contribution in [1.29, 1.82) is 0 Å². The van der Waals surface area contributed by atoms with Crippen LogP contribution in [-0.4, -0.2) is 57.6 Å². The standard InChI is InChI=1S/C6H14N2O2.2C6H11NO3/c7-4-2-1-3-5(8)6(9)10;2*1-6(2,5(9)10)3-4(7)8/h5H,1-4,7-8H2,(H,9,10);2*3H2,1-2H3,(H2,7,8)(H,9,10). The molecule has 0 aromatic heterocycles. The minimum absolute atomic E-state index is 0.123. The molecule has 1 atom stereocenters. The summed E-state index contributed by atoms with van der Waals surface area (Å²) in [7, 11) is 0. The molecule has 12 nitrogen and oxygen atoms in total. The molecule has 11 N–H and O–H groups in total. The van der Waals surface area contributed by atoms with Gasteiger partial charge in [-0.1, -0.05) is 6.42 Å². The van der Waals surface area contributed by atoms with E-state index in [1.165, 1.54) is 27.7 Å². The molecule has 0 aliphatic heterocycles. The molecule has 0 spiro atoms. The number of amides is 2. The maximum atomic E-state index is 10.3. The highest BCUT2D eigenvalue weighted by molar-refractivity contribution is 5.83. The first-order valence-electron chi connectivity index (χ1n) is 9.12. The molecule has 0 fully saturated rings. The summed E-state index contributed by atoms with van der Waals surface area (Å²) < 4.78 is 0. The minimum atomic E-state index is -1.04. The van der Waals surface area contributed by atoms with Crippen LogP contribution in [0, 0.1) is 10.8 Å². The summed E-state index contributed by atoms with van der Waals surface area (Å²) in [5.74, 6) is -4.13. The molecule has 0 rings (SSSR count). The molecule has 0 aromatic carbocycles. The molecule has 176 valence electrons. The molecule has 2 amide bonds. The van der Waals surface area contributed by atoms with Crippen LogP contribution in [0.4, 0.5) is 0 Å². The second kappa shape index (κ2) is 15.2. The summed E-state index contributed by atoms with van der Waals surface area (Å²) in [6, 6.07) is -0.716. The minimum Gasteiger partial charge on any atom is -0.481 e. The number of nitrogens with two attached hydrogens (primary N) is 4. The third kappa shape index (κ3) is 18.6. The molecule has 0 heterocycles. The topological polar surface area (TPSA) is 250 Å². The van der Waals surface area contributed by atoms with Gasteiger partial charge in [0.25, 0.3) is 0 Å². The van der Waals surface area contributed by atoms with Gasteiger partial charge in [0, 0.05) is 12.8 Å². The SMILES string of the molecule is CC(C)(CC(N)=O)C(=O)O.CC(C)(CC(N)=O)C(=O)O.NCCCCC(N)C(=O)O. The summed E-state index contributed by atoms with van der Waals surface area (Å²) in [5.41, 5.74) is 18.0. The van der Waals surface area contributed by atoms with Crippen molar-refractivity contribution < 1.29 is 39.3 Å². The van der Waals surface area contributed by atoms with Crippen LogP contribution >= 0.6 is 0 Å². The lowest BCUT2D eigenvalue weighted by Gasteiger charge is -2.15. The predicted octanol–water partition coefficient (Wildman–Crippen LogP) is -0.527. The average molecular weight is 437 g/mol. The average Bonchev–Trinajstić information content (AvgIpc) is 2.53. The summed E-state index contributed by atoms with van der Waals surface area (Å²) in [6.07, 6.45) is 1.92. The fraction of sp³-hybridized carbons (Fsp3) is 0.722. The molecule has 1 unspecified atom stereocenters. The zero-order chi connectivity index (χ0) is 24.7. The van der Waals surface area contributed by atoms with Gasteiger partial charge in [-0.25, -0.2) is 0 Å². The van der Waals surface area contributed by atoms with Crippen LogP contribution in [0.2, 0.25) is 0 Å². The Balaban J connectivity index is -0.000000364. The quantitative estimate of drug-likeness (QED) is 0.204. The molecular formula is C18H36N4O8. The van der Waals surface area contributed by atoms with Crippen LogP contribution in [0.1, 0.15) is 59.8 Å². The first kappa shape index (κ1) is 31.9. The van der Waals surface area contributed by atoms with Gasteiger partial charge in [-0.2, -0.15) is 0 Å². The monoisotopic (exact) mass is 436 g/mol. The number of carboxylic acids is 3. The Morgan fingerprint density at radius 2 is 1.10 bits per heavy atom. The van der Waals surface area contributed by atoms with Gasteiger partial charge in [-0.05, 0) is 47.1 Å². The van der Waals surface area contributed by atoms with E-state index in [2.05, 4.69) is 0 Å². The van der Waals surface area contributed by atoms with E-state index in [1.807, 2.05) is 0 Å². The number of carbonyl (C=O) groups is 5. The molecule has 0 aliphatic carbocycles. The molecule has 0 radical (unpaired) electrons. The fourth-order valence-electron chi connectivity index (χ4n) is 1.65. The Morgan fingerprint density at radius 1 is 0.767 bits per heavy atom. The molecule has 12 heteroatoms. The fourth-order valence-corrected chi connectivity index (χ4v) is 1.65. The molecular weight excluding hydrogens is 400 g/mol. The van der Waals surface area contributed by atoms with Gasteiger partial charge in [-0.15, -0.1) is 0 Å². The Bertz CT molecular complexity index is 553. The van der Waals surface area contributed by atoms with Crippen LogP contribution in [-0.2, 0) is 24.0 Å². The Morgan fingerprint density at radius 3 is 1.27 bits per heavy atom. The second-order valence-corrected chi connectivity index (χ2v) is 7.89. The summed E-state index contributed by atoms with van der Waals surface area (Å²) in [5, 5.41) is 25.3. The number of carboxylic acid groups (broad SMARTS) is 3. The molecule has 0 aliphatic rings. The zero-order valence-electron chi connectivity index (χ0n) is 18.0. The van der Waals surface area contributed by atoms with E-state index in [0.717, 1.165) is 12.8 Å². The van der Waals surface area contributed by atoms with E-state index in [4.69, 9.17) is 38.3 Å². The number of aliphatic carboxylic acids is 3. The zero-order valence-corrected chi connectivity index (χ0v) is 18.0. The van der Waals surface area contributed by atoms with Crippen LogP contribution in [0.25, 0.3) is 0 Å². The second-order valence-electron chi connectivity index (χ2n) is 7.89. The molecule has 0 saturated carbocycles. The highest BCUT2D eigenvalue weighted by atomic mass is 16.4. The number of primary amides is 2. The van der Waals surface area contributed by atoms with Crippen LogP contribution in [0.15, 0.2) is 0 Å². The lowest BCUT2D eigenvalue weighted by molar-refractivity contribution is -0.149. The van der Waals surface area contributed by atoms with E-state index in [0.29, 0.717) is 13.0 Å². The smallest absolute Gasteiger partial charge is 0.320 e. The summed E-state index contributed by atoms with van der Waals surface area (Å²) in [6.45, 7) is 6.44.